The summed E-state index contributed by atoms with van der Waals surface area (Å²) in [4.78, 5) is 22.4. The molecule has 0 aliphatic carbocycles. The molecule has 0 aliphatic heterocycles. The van der Waals surface area contributed by atoms with E-state index in [4.69, 9.17) is 4.74 Å². The summed E-state index contributed by atoms with van der Waals surface area (Å²) >= 11 is 0. The lowest BCUT2D eigenvalue weighted by Crippen LogP contribution is -1.96. The van der Waals surface area contributed by atoms with E-state index in [0.29, 0.717) is 16.9 Å². The number of benzene rings is 2. The number of allylic oxidation sites excluding steroid dienone is 1. The fourth-order valence-corrected chi connectivity index (χ4v) is 1.98. The summed E-state index contributed by atoms with van der Waals surface area (Å²) in [6, 6.07) is 11.3. The predicted molar refractivity (Wildman–Crippen MR) is 84.2 cm³/mol. The van der Waals surface area contributed by atoms with Crippen molar-refractivity contribution in [3.63, 3.8) is 0 Å². The Balaban J connectivity index is 2.21. The Bertz CT molecular complexity index is 750. The molecule has 0 fully saturated rings. The lowest BCUT2D eigenvalue weighted by molar-refractivity contribution is -0.384. The van der Waals surface area contributed by atoms with Gasteiger partial charge < -0.3 is 4.74 Å². The third-order valence-electron chi connectivity index (χ3n) is 3.20. The number of ether oxygens (including phenoxy) is 1. The van der Waals surface area contributed by atoms with Crippen LogP contribution < -0.4 is 4.74 Å². The van der Waals surface area contributed by atoms with Crippen LogP contribution in [0.2, 0.25) is 0 Å². The van der Waals surface area contributed by atoms with Crippen LogP contribution in [0.5, 0.6) is 5.75 Å². The summed E-state index contributed by atoms with van der Waals surface area (Å²) in [5.41, 5.74) is 2.04. The van der Waals surface area contributed by atoms with Gasteiger partial charge in [0.25, 0.3) is 5.69 Å². The van der Waals surface area contributed by atoms with Crippen molar-refractivity contribution < 1.29 is 14.5 Å². The molecule has 2 aromatic rings. The minimum Gasteiger partial charge on any atom is -0.496 e. The second kappa shape index (κ2) is 6.67. The fraction of sp³-hybridized carbons (Fsp3) is 0.118. The number of nitrogens with zero attached hydrogens (tertiary/aromatic N) is 1. The molecule has 2 aromatic carbocycles. The van der Waals surface area contributed by atoms with Gasteiger partial charge in [-0.05, 0) is 30.2 Å². The molecule has 0 aromatic heterocycles. The minimum absolute atomic E-state index is 0.00777. The third-order valence-corrected chi connectivity index (χ3v) is 3.20. The predicted octanol–water partition coefficient (Wildman–Crippen LogP) is 3.81. The number of methoxy groups -OCH3 is 1. The molecule has 2 rings (SSSR count). The zero-order chi connectivity index (χ0) is 16.1. The Kier molecular flexibility index (Phi) is 4.68. The molecular weight excluding hydrogens is 282 g/mol. The Morgan fingerprint density at radius 3 is 2.68 bits per heavy atom. The maximum Gasteiger partial charge on any atom is 0.270 e. The second-order valence-electron chi connectivity index (χ2n) is 4.73. The number of aryl methyl sites for hydroxylation is 1. The van der Waals surface area contributed by atoms with Gasteiger partial charge in [0.15, 0.2) is 5.78 Å². The van der Waals surface area contributed by atoms with E-state index in [1.54, 1.807) is 37.5 Å². The van der Waals surface area contributed by atoms with Gasteiger partial charge in [0, 0.05) is 17.7 Å². The number of hydrogen-bond acceptors (Lipinski definition) is 4. The third kappa shape index (κ3) is 3.58. The quantitative estimate of drug-likeness (QED) is 0.364. The Morgan fingerprint density at radius 2 is 2.00 bits per heavy atom. The number of carbonyl (C=O) groups is 1. The van der Waals surface area contributed by atoms with Crippen LogP contribution in [-0.4, -0.2) is 17.8 Å². The van der Waals surface area contributed by atoms with Crippen LogP contribution in [-0.2, 0) is 0 Å². The van der Waals surface area contributed by atoms with Crippen molar-refractivity contribution in [1.29, 1.82) is 0 Å². The average Bonchev–Trinajstić information content (AvgIpc) is 2.53. The topological polar surface area (TPSA) is 69.4 Å². The summed E-state index contributed by atoms with van der Waals surface area (Å²) in [6.07, 6.45) is 2.95. The zero-order valence-electron chi connectivity index (χ0n) is 12.3. The molecule has 112 valence electrons. The van der Waals surface area contributed by atoms with E-state index in [1.807, 2.05) is 13.0 Å². The van der Waals surface area contributed by atoms with Crippen LogP contribution in [0.4, 0.5) is 5.69 Å². The number of nitro benzene ring substituents is 1. The molecule has 5 heteroatoms. The molecule has 0 saturated carbocycles. The number of hydrogen-bond donors (Lipinski definition) is 0. The van der Waals surface area contributed by atoms with Gasteiger partial charge in [0.1, 0.15) is 5.75 Å². The maximum atomic E-state index is 12.1. The Hall–Kier alpha value is -2.95. The van der Waals surface area contributed by atoms with Gasteiger partial charge in [-0.25, -0.2) is 0 Å². The highest BCUT2D eigenvalue weighted by Gasteiger charge is 2.07. The van der Waals surface area contributed by atoms with Crippen molar-refractivity contribution in [2.75, 3.05) is 7.11 Å². The summed E-state index contributed by atoms with van der Waals surface area (Å²) < 4.78 is 5.19. The molecule has 0 bridgehead atoms. The van der Waals surface area contributed by atoms with E-state index in [2.05, 4.69) is 0 Å². The van der Waals surface area contributed by atoms with Gasteiger partial charge in [-0.3, -0.25) is 14.9 Å². The van der Waals surface area contributed by atoms with E-state index < -0.39 is 4.92 Å². The summed E-state index contributed by atoms with van der Waals surface area (Å²) in [5.74, 6) is 0.458. The first-order valence-electron chi connectivity index (χ1n) is 6.63. The van der Waals surface area contributed by atoms with E-state index in [1.165, 1.54) is 18.2 Å². The molecule has 0 unspecified atom stereocenters. The summed E-state index contributed by atoms with van der Waals surface area (Å²) in [7, 11) is 1.55. The van der Waals surface area contributed by atoms with Gasteiger partial charge in [-0.2, -0.15) is 0 Å². The molecular formula is C17H15NO4. The lowest BCUT2D eigenvalue weighted by atomic mass is 10.1. The van der Waals surface area contributed by atoms with E-state index in [-0.39, 0.29) is 11.5 Å². The van der Waals surface area contributed by atoms with Crippen LogP contribution in [0, 0.1) is 17.0 Å². The van der Waals surface area contributed by atoms with E-state index in [9.17, 15) is 14.9 Å². The number of carbonyl (C=O) groups excluding carboxylic acids is 1. The zero-order valence-corrected chi connectivity index (χ0v) is 12.3. The van der Waals surface area contributed by atoms with Crippen LogP contribution in [0.3, 0.4) is 0 Å². The van der Waals surface area contributed by atoms with Crippen molar-refractivity contribution in [2.24, 2.45) is 0 Å². The van der Waals surface area contributed by atoms with Crippen molar-refractivity contribution in [3.8, 4) is 5.75 Å². The molecule has 0 atom stereocenters. The van der Waals surface area contributed by atoms with Crippen molar-refractivity contribution in [2.45, 2.75) is 6.92 Å². The van der Waals surface area contributed by atoms with Crippen LogP contribution in [0.1, 0.15) is 21.5 Å². The van der Waals surface area contributed by atoms with Gasteiger partial charge in [-0.1, -0.05) is 30.3 Å². The van der Waals surface area contributed by atoms with Crippen LogP contribution >= 0.6 is 0 Å². The van der Waals surface area contributed by atoms with Gasteiger partial charge in [0.2, 0.25) is 0 Å². The molecule has 0 aliphatic rings. The molecule has 0 radical (unpaired) electrons. The first-order chi connectivity index (χ1) is 10.5. The summed E-state index contributed by atoms with van der Waals surface area (Å²) in [6.45, 7) is 1.89. The average molecular weight is 297 g/mol. The van der Waals surface area contributed by atoms with Crippen LogP contribution in [0.25, 0.3) is 6.08 Å². The number of ketones is 1. The van der Waals surface area contributed by atoms with E-state index in [0.717, 1.165) is 5.56 Å². The first-order valence-corrected chi connectivity index (χ1v) is 6.63. The minimum atomic E-state index is -0.468. The van der Waals surface area contributed by atoms with Crippen molar-refractivity contribution in [3.05, 3.63) is 75.3 Å². The molecule has 0 spiro atoms. The highest BCUT2D eigenvalue weighted by atomic mass is 16.6. The van der Waals surface area contributed by atoms with Crippen molar-refractivity contribution >= 4 is 17.5 Å². The Morgan fingerprint density at radius 1 is 1.23 bits per heavy atom. The fourth-order valence-electron chi connectivity index (χ4n) is 1.98. The van der Waals surface area contributed by atoms with E-state index >= 15 is 0 Å². The highest BCUT2D eigenvalue weighted by Crippen LogP contribution is 2.20. The molecule has 22 heavy (non-hydrogen) atoms. The lowest BCUT2D eigenvalue weighted by Gasteiger charge is -2.05. The second-order valence-corrected chi connectivity index (χ2v) is 4.73. The standard InChI is InChI=1S/C17H15NO4/c1-12-6-8-14(11-17(12)22-2)16(19)9-7-13-4-3-5-15(10-13)18(20)21/h3-11H,1-2H3/b9-7+. The number of nitro groups is 1. The molecule has 0 heterocycles. The smallest absolute Gasteiger partial charge is 0.270 e. The normalized spacial score (nSPS) is 10.6. The van der Waals surface area contributed by atoms with Gasteiger partial charge >= 0.3 is 0 Å². The first kappa shape index (κ1) is 15.4. The van der Waals surface area contributed by atoms with Crippen LogP contribution in [0.15, 0.2) is 48.5 Å². The molecule has 0 saturated heterocycles. The molecule has 0 amide bonds. The SMILES string of the molecule is COc1cc(C(=O)/C=C/c2cccc([N+](=O)[O-])c2)ccc1C. The highest BCUT2D eigenvalue weighted by molar-refractivity contribution is 6.07. The number of rotatable bonds is 5. The van der Waals surface area contributed by atoms with Crippen molar-refractivity contribution in [1.82, 2.24) is 0 Å². The number of non-ortho nitro benzene ring substituents is 1. The monoisotopic (exact) mass is 297 g/mol. The largest absolute Gasteiger partial charge is 0.496 e. The molecule has 0 N–H and O–H groups in total. The summed E-state index contributed by atoms with van der Waals surface area (Å²) in [5, 5.41) is 10.7. The maximum absolute atomic E-state index is 12.1. The van der Waals surface area contributed by atoms with Gasteiger partial charge in [0.05, 0.1) is 12.0 Å². The molecule has 5 nitrogen and oxygen atoms in total. The van der Waals surface area contributed by atoms with Gasteiger partial charge in [-0.15, -0.1) is 0 Å². The Labute approximate surface area is 128 Å².